The highest BCUT2D eigenvalue weighted by molar-refractivity contribution is 6.18. The molecule has 0 fully saturated rings. The fraction of sp³-hybridized carbons (Fsp3) is 0.128. The van der Waals surface area contributed by atoms with E-state index in [-0.39, 0.29) is 0 Å². The van der Waals surface area contributed by atoms with Crippen molar-refractivity contribution in [1.29, 1.82) is 0 Å². The normalized spacial score (nSPS) is 11.6. The van der Waals surface area contributed by atoms with E-state index >= 15 is 0 Å². The lowest BCUT2D eigenvalue weighted by molar-refractivity contribution is 0.960. The highest BCUT2D eigenvalue weighted by atomic mass is 15.0. The van der Waals surface area contributed by atoms with Crippen molar-refractivity contribution in [2.75, 3.05) is 6.54 Å². The first kappa shape index (κ1) is 25.3. The predicted molar refractivity (Wildman–Crippen MR) is 177 cm³/mol. The summed E-state index contributed by atoms with van der Waals surface area (Å²) in [5.74, 6) is 0. The maximum Gasteiger partial charge on any atom is 0.0543 e. The molecule has 0 saturated carbocycles. The first-order chi connectivity index (χ1) is 20.2. The molecule has 7 aromatic rings. The number of nitrogens with two attached hydrogens (primary N) is 1. The van der Waals surface area contributed by atoms with E-state index in [9.17, 15) is 0 Å². The molecule has 0 unspecified atom stereocenters. The van der Waals surface area contributed by atoms with Crippen LogP contribution in [0.3, 0.4) is 0 Å². The summed E-state index contributed by atoms with van der Waals surface area (Å²) in [6.45, 7) is 6.86. The van der Waals surface area contributed by atoms with Crippen LogP contribution in [0.2, 0.25) is 0 Å². The maximum absolute atomic E-state index is 5.92. The average Bonchev–Trinajstić information content (AvgIpc) is 3.52. The van der Waals surface area contributed by atoms with Crippen molar-refractivity contribution in [1.82, 2.24) is 4.57 Å². The molecule has 200 valence electrons. The Balaban J connectivity index is 0.00000135. The van der Waals surface area contributed by atoms with Gasteiger partial charge in [0, 0.05) is 16.5 Å². The SMILES string of the molecule is CC.Cc1cc2c(cc1CCN)c1ccccc1n2-c1ccc(-c2ccc3c4c(cccc24)-c2ccccc2-3)cc1. The summed E-state index contributed by atoms with van der Waals surface area (Å²) in [6, 6.07) is 42.5. The van der Waals surface area contributed by atoms with Crippen molar-refractivity contribution in [3.05, 3.63) is 126 Å². The van der Waals surface area contributed by atoms with E-state index in [4.69, 9.17) is 5.73 Å². The van der Waals surface area contributed by atoms with Crippen molar-refractivity contribution in [3.63, 3.8) is 0 Å². The summed E-state index contributed by atoms with van der Waals surface area (Å²) in [5, 5.41) is 5.25. The van der Waals surface area contributed by atoms with Crippen LogP contribution in [0.5, 0.6) is 0 Å². The van der Waals surface area contributed by atoms with Crippen LogP contribution in [-0.2, 0) is 6.42 Å². The van der Waals surface area contributed by atoms with Crippen LogP contribution in [0.25, 0.3) is 71.6 Å². The molecule has 8 rings (SSSR count). The molecule has 2 heteroatoms. The van der Waals surface area contributed by atoms with Crippen molar-refractivity contribution >= 4 is 32.6 Å². The Morgan fingerprint density at radius 3 is 1.95 bits per heavy atom. The standard InChI is InChI=1S/C37H28N2.C2H6/c1-23-21-36-34(22-25(23)19-20-38)30-9-4-5-12-35(30)39(36)26-15-13-24(14-16-26)27-17-18-33-29-8-3-2-7-28(29)32-11-6-10-31(27)37(32)33;1-2/h2-18,21-22H,19-20,38H2,1H3;1-2H3. The Labute approximate surface area is 241 Å². The van der Waals surface area contributed by atoms with Crippen molar-refractivity contribution in [2.45, 2.75) is 27.2 Å². The number of nitrogens with zero attached hydrogens (tertiary/aromatic N) is 1. The van der Waals surface area contributed by atoms with Crippen molar-refractivity contribution in [3.8, 4) is 39.1 Å². The molecule has 0 spiro atoms. The van der Waals surface area contributed by atoms with E-state index in [2.05, 4.69) is 127 Å². The zero-order valence-corrected chi connectivity index (χ0v) is 23.9. The van der Waals surface area contributed by atoms with Gasteiger partial charge >= 0.3 is 0 Å². The highest BCUT2D eigenvalue weighted by Gasteiger charge is 2.22. The van der Waals surface area contributed by atoms with Crippen molar-refractivity contribution in [2.24, 2.45) is 5.73 Å². The molecule has 0 radical (unpaired) electrons. The van der Waals surface area contributed by atoms with Crippen LogP contribution >= 0.6 is 0 Å². The summed E-state index contributed by atoms with van der Waals surface area (Å²) in [5.41, 5.74) is 20.0. The van der Waals surface area contributed by atoms with Gasteiger partial charge < -0.3 is 10.3 Å². The first-order valence-corrected chi connectivity index (χ1v) is 14.7. The number of aryl methyl sites for hydroxylation is 1. The van der Waals surface area contributed by atoms with Gasteiger partial charge in [0.1, 0.15) is 0 Å². The second kappa shape index (κ2) is 10.1. The van der Waals surface area contributed by atoms with E-state index in [1.165, 1.54) is 82.8 Å². The van der Waals surface area contributed by atoms with Gasteiger partial charge in [0.15, 0.2) is 0 Å². The van der Waals surface area contributed by atoms with Gasteiger partial charge in [-0.3, -0.25) is 0 Å². The number of rotatable bonds is 4. The van der Waals surface area contributed by atoms with Gasteiger partial charge in [-0.05, 0) is 106 Å². The summed E-state index contributed by atoms with van der Waals surface area (Å²) < 4.78 is 2.40. The zero-order chi connectivity index (χ0) is 28.1. The molecule has 0 aliphatic heterocycles. The van der Waals surface area contributed by atoms with Crippen LogP contribution in [0.15, 0.2) is 115 Å². The molecule has 0 bridgehead atoms. The van der Waals surface area contributed by atoms with Gasteiger partial charge in [0.25, 0.3) is 0 Å². The van der Waals surface area contributed by atoms with E-state index in [0.717, 1.165) is 6.42 Å². The van der Waals surface area contributed by atoms with Crippen LogP contribution in [-0.4, -0.2) is 11.1 Å². The lowest BCUT2D eigenvalue weighted by Crippen LogP contribution is -2.04. The third kappa shape index (κ3) is 3.83. The summed E-state index contributed by atoms with van der Waals surface area (Å²) >= 11 is 0. The number of aromatic nitrogens is 1. The fourth-order valence-electron chi connectivity index (χ4n) is 6.72. The molecule has 0 atom stereocenters. The quantitative estimate of drug-likeness (QED) is 0.241. The maximum atomic E-state index is 5.92. The summed E-state index contributed by atoms with van der Waals surface area (Å²) in [4.78, 5) is 0. The second-order valence-electron chi connectivity index (χ2n) is 10.7. The minimum absolute atomic E-state index is 0.662. The molecule has 41 heavy (non-hydrogen) atoms. The Morgan fingerprint density at radius 1 is 0.561 bits per heavy atom. The Kier molecular flexibility index (Phi) is 6.22. The van der Waals surface area contributed by atoms with Gasteiger partial charge in [-0.25, -0.2) is 0 Å². The van der Waals surface area contributed by atoms with E-state index in [1.54, 1.807) is 0 Å². The first-order valence-electron chi connectivity index (χ1n) is 14.7. The Bertz CT molecular complexity index is 2050. The van der Waals surface area contributed by atoms with Gasteiger partial charge in [-0.1, -0.05) is 98.8 Å². The number of para-hydroxylation sites is 1. The second-order valence-corrected chi connectivity index (χ2v) is 10.7. The molecular formula is C39H34N2. The molecule has 0 amide bonds. The molecule has 2 N–H and O–H groups in total. The smallest absolute Gasteiger partial charge is 0.0543 e. The van der Waals surface area contributed by atoms with Gasteiger partial charge in [-0.2, -0.15) is 0 Å². The molecular weight excluding hydrogens is 496 g/mol. The van der Waals surface area contributed by atoms with Gasteiger partial charge in [-0.15, -0.1) is 0 Å². The van der Waals surface area contributed by atoms with E-state index in [0.29, 0.717) is 6.54 Å². The molecule has 1 aliphatic carbocycles. The topological polar surface area (TPSA) is 30.9 Å². The Morgan fingerprint density at radius 2 is 1.20 bits per heavy atom. The minimum atomic E-state index is 0.662. The van der Waals surface area contributed by atoms with Crippen LogP contribution in [0, 0.1) is 6.92 Å². The number of hydrogen-bond donors (Lipinski definition) is 1. The third-order valence-corrected chi connectivity index (χ3v) is 8.53. The number of benzene rings is 6. The monoisotopic (exact) mass is 530 g/mol. The zero-order valence-electron chi connectivity index (χ0n) is 23.9. The van der Waals surface area contributed by atoms with Crippen LogP contribution in [0.1, 0.15) is 25.0 Å². The van der Waals surface area contributed by atoms with Crippen LogP contribution in [0.4, 0.5) is 0 Å². The lowest BCUT2D eigenvalue weighted by Gasteiger charge is -2.13. The fourth-order valence-corrected chi connectivity index (χ4v) is 6.72. The third-order valence-electron chi connectivity index (χ3n) is 8.53. The molecule has 0 saturated heterocycles. The summed E-state index contributed by atoms with van der Waals surface area (Å²) in [6.07, 6.45) is 0.898. The molecule has 2 nitrogen and oxygen atoms in total. The van der Waals surface area contributed by atoms with E-state index < -0.39 is 0 Å². The highest BCUT2D eigenvalue weighted by Crippen LogP contribution is 2.49. The van der Waals surface area contributed by atoms with Crippen LogP contribution < -0.4 is 5.73 Å². The molecule has 6 aromatic carbocycles. The largest absolute Gasteiger partial charge is 0.330 e. The number of fused-ring (bicyclic) bond motifs is 6. The van der Waals surface area contributed by atoms with Crippen molar-refractivity contribution < 1.29 is 0 Å². The molecule has 1 heterocycles. The number of hydrogen-bond acceptors (Lipinski definition) is 1. The Hall–Kier alpha value is -4.66. The summed E-state index contributed by atoms with van der Waals surface area (Å²) in [7, 11) is 0. The van der Waals surface area contributed by atoms with Gasteiger partial charge in [0.05, 0.1) is 11.0 Å². The van der Waals surface area contributed by atoms with E-state index in [1.807, 2.05) is 13.8 Å². The minimum Gasteiger partial charge on any atom is -0.330 e. The average molecular weight is 531 g/mol. The molecule has 1 aromatic heterocycles. The lowest BCUT2D eigenvalue weighted by atomic mass is 9.94. The van der Waals surface area contributed by atoms with Gasteiger partial charge in [0.2, 0.25) is 0 Å². The predicted octanol–water partition coefficient (Wildman–Crippen LogP) is 10.1. The molecule has 1 aliphatic rings.